The van der Waals surface area contributed by atoms with Gasteiger partial charge in [-0.2, -0.15) is 5.09 Å². The van der Waals surface area contributed by atoms with Crippen LogP contribution in [0.25, 0.3) is 0 Å². The van der Waals surface area contributed by atoms with Crippen LogP contribution in [-0.2, 0) is 23.4 Å². The van der Waals surface area contributed by atoms with Gasteiger partial charge in [0.05, 0.1) is 23.8 Å². The van der Waals surface area contributed by atoms with Gasteiger partial charge in [-0.3, -0.25) is 23.7 Å². The molecule has 6 atom stereocenters. The number of hydrogen-bond acceptors (Lipinski definition) is 9. The number of esters is 1. The Hall–Kier alpha value is -2.25. The monoisotopic (exact) mass is 569 g/mol. The van der Waals surface area contributed by atoms with Crippen LogP contribution in [0.4, 0.5) is 4.39 Å². The lowest BCUT2D eigenvalue weighted by atomic mass is 9.98. The molecule has 1 fully saturated rings. The largest absolute Gasteiger partial charge is 0.468 e. The Morgan fingerprint density at radius 1 is 1.36 bits per heavy atom. The Labute approximate surface area is 213 Å². The van der Waals surface area contributed by atoms with Crippen molar-refractivity contribution in [2.24, 2.45) is 0 Å². The summed E-state index contributed by atoms with van der Waals surface area (Å²) in [5.74, 6) is -0.833. The van der Waals surface area contributed by atoms with Gasteiger partial charge in [0.25, 0.3) is 5.56 Å². The lowest BCUT2D eigenvalue weighted by Crippen LogP contribution is -2.43. The number of ether oxygens (including phenoxy) is 2. The van der Waals surface area contributed by atoms with Gasteiger partial charge in [-0.15, -0.1) is 0 Å². The van der Waals surface area contributed by atoms with Crippen molar-refractivity contribution in [3.05, 3.63) is 61.3 Å². The smallest absolute Gasteiger partial charge is 0.459 e. The lowest BCUT2D eigenvalue weighted by Gasteiger charge is -2.25. The van der Waals surface area contributed by atoms with E-state index in [0.29, 0.717) is 0 Å². The number of aromatic nitrogens is 2. The summed E-state index contributed by atoms with van der Waals surface area (Å²) >= 11 is 11.8. The van der Waals surface area contributed by atoms with Crippen LogP contribution in [-0.4, -0.2) is 58.3 Å². The Kier molecular flexibility index (Phi) is 8.67. The summed E-state index contributed by atoms with van der Waals surface area (Å²) < 4.78 is 50.6. The number of aliphatic hydroxyl groups is 1. The van der Waals surface area contributed by atoms with Crippen LogP contribution >= 0.6 is 30.9 Å². The van der Waals surface area contributed by atoms with E-state index in [4.69, 9.17) is 37.0 Å². The minimum Gasteiger partial charge on any atom is -0.468 e. The first kappa shape index (κ1) is 28.3. The van der Waals surface area contributed by atoms with E-state index in [-0.39, 0.29) is 15.8 Å². The molecular weight excluding hydrogens is 547 g/mol. The molecule has 3 N–H and O–H groups in total. The summed E-state index contributed by atoms with van der Waals surface area (Å²) in [4.78, 5) is 37.3. The summed E-state index contributed by atoms with van der Waals surface area (Å²) in [6.07, 6.45) is -3.93. The van der Waals surface area contributed by atoms with E-state index in [1.807, 2.05) is 4.98 Å². The van der Waals surface area contributed by atoms with Gasteiger partial charge in [0.2, 0.25) is 0 Å². The number of aliphatic hydroxyl groups excluding tert-OH is 1. The molecule has 0 amide bonds. The highest BCUT2D eigenvalue weighted by molar-refractivity contribution is 7.52. The fraction of sp³-hybridized carbons (Fsp3) is 0.450. The molecule has 198 valence electrons. The third-order valence-electron chi connectivity index (χ3n) is 5.25. The third kappa shape index (κ3) is 6.17. The van der Waals surface area contributed by atoms with Gasteiger partial charge in [-0.1, -0.05) is 23.2 Å². The number of carbonyl (C=O) groups excluding carboxylic acids is 1. The highest BCUT2D eigenvalue weighted by atomic mass is 35.5. The van der Waals surface area contributed by atoms with Gasteiger partial charge in [0.15, 0.2) is 11.9 Å². The fourth-order valence-electron chi connectivity index (χ4n) is 3.36. The number of methoxy groups -OCH3 is 1. The molecule has 0 aliphatic carbocycles. The summed E-state index contributed by atoms with van der Waals surface area (Å²) in [6.45, 7) is 1.62. The number of aromatic amines is 1. The number of carbonyl (C=O) groups is 1. The quantitative estimate of drug-likeness (QED) is 0.302. The van der Waals surface area contributed by atoms with E-state index in [2.05, 4.69) is 9.82 Å². The fourth-order valence-corrected chi connectivity index (χ4v) is 5.15. The lowest BCUT2D eigenvalue weighted by molar-refractivity contribution is -0.142. The number of rotatable bonds is 9. The van der Waals surface area contributed by atoms with E-state index in [1.54, 1.807) is 0 Å². The topological polar surface area (TPSA) is 158 Å². The number of nitrogens with zero attached hydrogens (tertiary/aromatic N) is 1. The van der Waals surface area contributed by atoms with Crippen molar-refractivity contribution in [3.8, 4) is 5.75 Å². The van der Waals surface area contributed by atoms with Crippen LogP contribution in [0.1, 0.15) is 20.1 Å². The average Bonchev–Trinajstić information content (AvgIpc) is 3.03. The van der Waals surface area contributed by atoms with E-state index in [0.717, 1.165) is 30.9 Å². The summed E-state index contributed by atoms with van der Waals surface area (Å²) in [5, 5.41) is 13.2. The first-order chi connectivity index (χ1) is 16.8. The summed E-state index contributed by atoms with van der Waals surface area (Å²) in [6, 6.07) is 3.78. The number of hydrogen-bond donors (Lipinski definition) is 3. The zero-order valence-corrected chi connectivity index (χ0v) is 21.6. The van der Waals surface area contributed by atoms with Crippen LogP contribution in [0.2, 0.25) is 10.0 Å². The minimum atomic E-state index is -4.41. The standard InChI is InChI=1S/C20H23Cl2FN3O9P/c1-10(17(29)32-3)25-36(31,35-11-4-5-12(21)13(22)8-11)33-9-14-16(28)20(2,23)18(34-14)26-7-6-15(27)24-19(26)30/h4-8,10,14,16,18,28H,9H2,1-3H3,(H,25,31)(H,24,27,30)/t10?,14-,16-,18?,20+,36?/m1/s1. The molecule has 1 aliphatic rings. The highest BCUT2D eigenvalue weighted by Gasteiger charge is 2.55. The molecule has 0 saturated carbocycles. The molecule has 2 heterocycles. The first-order valence-electron chi connectivity index (χ1n) is 10.4. The zero-order chi connectivity index (χ0) is 26.8. The van der Waals surface area contributed by atoms with Crippen LogP contribution < -0.4 is 20.9 Å². The van der Waals surface area contributed by atoms with Gasteiger partial charge < -0.3 is 19.1 Å². The predicted octanol–water partition coefficient (Wildman–Crippen LogP) is 2.18. The summed E-state index contributed by atoms with van der Waals surface area (Å²) in [5.41, 5.74) is -4.19. The molecule has 0 bridgehead atoms. The molecule has 36 heavy (non-hydrogen) atoms. The minimum absolute atomic E-state index is 0.0433. The SMILES string of the molecule is COC(=O)C(C)NP(=O)(OC[C@H]1OC(n2ccc(=O)[nH]c2=O)[C@@](C)(F)[C@@H]1O)Oc1ccc(Cl)c(Cl)c1. The van der Waals surface area contributed by atoms with Gasteiger partial charge in [0.1, 0.15) is 24.0 Å². The Morgan fingerprint density at radius 3 is 2.67 bits per heavy atom. The maximum Gasteiger partial charge on any atom is 0.459 e. The third-order valence-corrected chi connectivity index (χ3v) is 7.64. The van der Waals surface area contributed by atoms with E-state index < -0.39 is 61.7 Å². The Bertz CT molecular complexity index is 1290. The van der Waals surface area contributed by atoms with Gasteiger partial charge in [0, 0.05) is 18.3 Å². The molecule has 1 saturated heterocycles. The van der Waals surface area contributed by atoms with Crippen molar-refractivity contribution in [1.82, 2.24) is 14.6 Å². The van der Waals surface area contributed by atoms with Crippen molar-refractivity contribution in [1.29, 1.82) is 0 Å². The second-order valence-corrected chi connectivity index (χ2v) is 10.5. The van der Waals surface area contributed by atoms with Crippen molar-refractivity contribution in [2.75, 3.05) is 13.7 Å². The number of nitrogens with one attached hydrogen (secondary N) is 2. The number of H-pyrrole nitrogens is 1. The molecule has 1 aromatic carbocycles. The molecule has 3 rings (SSSR count). The second kappa shape index (κ2) is 11.0. The summed E-state index contributed by atoms with van der Waals surface area (Å²) in [7, 11) is -3.29. The number of halogens is 3. The average molecular weight is 570 g/mol. The molecule has 0 spiro atoms. The molecule has 12 nitrogen and oxygen atoms in total. The zero-order valence-electron chi connectivity index (χ0n) is 19.1. The van der Waals surface area contributed by atoms with Gasteiger partial charge in [-0.25, -0.2) is 13.8 Å². The Balaban J connectivity index is 1.83. The first-order valence-corrected chi connectivity index (χ1v) is 12.7. The normalized spacial score (nSPS) is 26.2. The van der Waals surface area contributed by atoms with Crippen LogP contribution in [0, 0.1) is 0 Å². The molecule has 1 aromatic heterocycles. The van der Waals surface area contributed by atoms with Gasteiger partial charge in [-0.05, 0) is 26.0 Å². The predicted molar refractivity (Wildman–Crippen MR) is 126 cm³/mol. The molecule has 3 unspecified atom stereocenters. The van der Waals surface area contributed by atoms with Crippen molar-refractivity contribution in [2.45, 2.75) is 44.0 Å². The number of benzene rings is 1. The molecule has 1 aliphatic heterocycles. The highest BCUT2D eigenvalue weighted by Crippen LogP contribution is 2.48. The molecule has 0 radical (unpaired) electrons. The van der Waals surface area contributed by atoms with E-state index in [1.165, 1.54) is 25.1 Å². The van der Waals surface area contributed by atoms with E-state index >= 15 is 4.39 Å². The van der Waals surface area contributed by atoms with Crippen molar-refractivity contribution >= 4 is 36.9 Å². The van der Waals surface area contributed by atoms with Gasteiger partial charge >= 0.3 is 19.4 Å². The van der Waals surface area contributed by atoms with Crippen molar-refractivity contribution < 1.29 is 37.4 Å². The molecular formula is C20H23Cl2FN3O9P. The van der Waals surface area contributed by atoms with E-state index in [9.17, 15) is 24.1 Å². The Morgan fingerprint density at radius 2 is 2.06 bits per heavy atom. The maximum absolute atomic E-state index is 15.4. The maximum atomic E-state index is 15.4. The second-order valence-electron chi connectivity index (χ2n) is 7.97. The van der Waals surface area contributed by atoms with Crippen LogP contribution in [0.15, 0.2) is 40.1 Å². The number of alkyl halides is 1. The van der Waals surface area contributed by atoms with Crippen LogP contribution in [0.5, 0.6) is 5.75 Å². The molecule has 2 aromatic rings. The molecule has 16 heteroatoms. The van der Waals surface area contributed by atoms with Crippen LogP contribution in [0.3, 0.4) is 0 Å². The van der Waals surface area contributed by atoms with Crippen molar-refractivity contribution in [3.63, 3.8) is 0 Å².